The highest BCUT2D eigenvalue weighted by Crippen LogP contribution is 2.28. The van der Waals surface area contributed by atoms with Crippen molar-refractivity contribution < 1.29 is 9.13 Å². The van der Waals surface area contributed by atoms with Crippen LogP contribution in [-0.4, -0.2) is 35.5 Å². The van der Waals surface area contributed by atoms with Crippen LogP contribution in [0.5, 0.6) is 0 Å². The average molecular weight is 321 g/mol. The Kier molecular flexibility index (Phi) is 4.40. The number of anilines is 1. The van der Waals surface area contributed by atoms with Crippen LogP contribution in [0.3, 0.4) is 0 Å². The SMILES string of the molecule is CCC1(C)CN(c2nnc(Cc3ccc(F)cc3)s2)CCO1. The lowest BCUT2D eigenvalue weighted by molar-refractivity contribution is -0.0441. The first-order valence-electron chi connectivity index (χ1n) is 7.54. The van der Waals surface area contributed by atoms with Gasteiger partial charge in [0.25, 0.3) is 0 Å². The molecule has 22 heavy (non-hydrogen) atoms. The van der Waals surface area contributed by atoms with E-state index in [0.717, 1.165) is 41.8 Å². The van der Waals surface area contributed by atoms with Crippen LogP contribution in [-0.2, 0) is 11.2 Å². The fraction of sp³-hybridized carbons (Fsp3) is 0.500. The average Bonchev–Trinajstić information content (AvgIpc) is 2.98. The van der Waals surface area contributed by atoms with E-state index in [-0.39, 0.29) is 11.4 Å². The van der Waals surface area contributed by atoms with Gasteiger partial charge in [0.05, 0.1) is 12.2 Å². The summed E-state index contributed by atoms with van der Waals surface area (Å²) in [5, 5.41) is 10.5. The standard InChI is InChI=1S/C16H20FN3OS/c1-3-16(2)11-20(8-9-21-16)15-19-18-14(22-15)10-12-4-6-13(17)7-5-12/h4-7H,3,8-11H2,1-2H3. The first-order chi connectivity index (χ1) is 10.6. The van der Waals surface area contributed by atoms with Gasteiger partial charge in [0.1, 0.15) is 10.8 Å². The Hall–Kier alpha value is -1.53. The van der Waals surface area contributed by atoms with Crippen LogP contribution in [0.1, 0.15) is 30.8 Å². The van der Waals surface area contributed by atoms with Crippen LogP contribution in [0.25, 0.3) is 0 Å². The van der Waals surface area contributed by atoms with Crippen molar-refractivity contribution in [1.29, 1.82) is 0 Å². The Morgan fingerprint density at radius 1 is 1.32 bits per heavy atom. The lowest BCUT2D eigenvalue weighted by Gasteiger charge is -2.39. The van der Waals surface area contributed by atoms with Gasteiger partial charge in [-0.25, -0.2) is 4.39 Å². The molecular weight excluding hydrogens is 301 g/mol. The highest BCUT2D eigenvalue weighted by molar-refractivity contribution is 7.15. The molecule has 1 aliphatic rings. The van der Waals surface area contributed by atoms with Crippen LogP contribution in [0.15, 0.2) is 24.3 Å². The van der Waals surface area contributed by atoms with Crippen molar-refractivity contribution in [2.45, 2.75) is 32.3 Å². The molecule has 0 amide bonds. The highest BCUT2D eigenvalue weighted by atomic mass is 32.1. The van der Waals surface area contributed by atoms with Crippen molar-refractivity contribution in [3.05, 3.63) is 40.7 Å². The number of ether oxygens (including phenoxy) is 1. The van der Waals surface area contributed by atoms with Crippen LogP contribution < -0.4 is 4.90 Å². The van der Waals surface area contributed by atoms with Gasteiger partial charge >= 0.3 is 0 Å². The summed E-state index contributed by atoms with van der Waals surface area (Å²) in [7, 11) is 0. The maximum atomic E-state index is 12.9. The number of halogens is 1. The third-order valence-electron chi connectivity index (χ3n) is 4.08. The molecule has 3 rings (SSSR count). The molecule has 1 aromatic carbocycles. The summed E-state index contributed by atoms with van der Waals surface area (Å²) < 4.78 is 18.8. The van der Waals surface area contributed by atoms with E-state index < -0.39 is 0 Å². The van der Waals surface area contributed by atoms with E-state index in [2.05, 4.69) is 28.9 Å². The smallest absolute Gasteiger partial charge is 0.208 e. The molecule has 0 aliphatic carbocycles. The van der Waals surface area contributed by atoms with E-state index in [9.17, 15) is 4.39 Å². The van der Waals surface area contributed by atoms with Crippen LogP contribution >= 0.6 is 11.3 Å². The molecule has 0 spiro atoms. The van der Waals surface area contributed by atoms with Gasteiger partial charge < -0.3 is 9.64 Å². The number of morpholine rings is 1. The Bertz CT molecular complexity index is 631. The van der Waals surface area contributed by atoms with Crippen molar-refractivity contribution in [2.75, 3.05) is 24.6 Å². The monoisotopic (exact) mass is 321 g/mol. The summed E-state index contributed by atoms with van der Waals surface area (Å²) in [5.41, 5.74) is 0.936. The maximum Gasteiger partial charge on any atom is 0.208 e. The molecular formula is C16H20FN3OS. The van der Waals surface area contributed by atoms with E-state index >= 15 is 0 Å². The third kappa shape index (κ3) is 3.44. The van der Waals surface area contributed by atoms with Crippen LogP contribution in [0.4, 0.5) is 9.52 Å². The summed E-state index contributed by atoms with van der Waals surface area (Å²) in [6.45, 7) is 6.69. The fourth-order valence-electron chi connectivity index (χ4n) is 2.53. The summed E-state index contributed by atoms with van der Waals surface area (Å²) in [4.78, 5) is 2.25. The number of hydrogen-bond acceptors (Lipinski definition) is 5. The normalized spacial score (nSPS) is 22.0. The van der Waals surface area contributed by atoms with E-state index in [1.807, 2.05) is 0 Å². The van der Waals surface area contributed by atoms with Gasteiger partial charge in [0.2, 0.25) is 5.13 Å². The zero-order valence-electron chi connectivity index (χ0n) is 12.9. The zero-order chi connectivity index (χ0) is 15.6. The minimum absolute atomic E-state index is 0.110. The molecule has 0 saturated carbocycles. The van der Waals surface area contributed by atoms with Gasteiger partial charge in [-0.05, 0) is 31.0 Å². The van der Waals surface area contributed by atoms with E-state index in [1.165, 1.54) is 12.1 Å². The quantitative estimate of drug-likeness (QED) is 0.866. The third-order valence-corrected chi connectivity index (χ3v) is 5.06. The molecule has 1 unspecified atom stereocenters. The minimum atomic E-state index is -0.214. The molecule has 1 saturated heterocycles. The summed E-state index contributed by atoms with van der Waals surface area (Å²) >= 11 is 1.60. The maximum absolute atomic E-state index is 12.9. The lowest BCUT2D eigenvalue weighted by Crippen LogP contribution is -2.49. The minimum Gasteiger partial charge on any atom is -0.372 e. The predicted octanol–water partition coefficient (Wildman–Crippen LogP) is 3.27. The van der Waals surface area contributed by atoms with Crippen molar-refractivity contribution in [2.24, 2.45) is 0 Å². The van der Waals surface area contributed by atoms with Crippen molar-refractivity contribution >= 4 is 16.5 Å². The Balaban J connectivity index is 1.69. The van der Waals surface area contributed by atoms with E-state index in [4.69, 9.17) is 4.74 Å². The Morgan fingerprint density at radius 2 is 2.09 bits per heavy atom. The molecule has 1 fully saturated rings. The second kappa shape index (κ2) is 6.30. The highest BCUT2D eigenvalue weighted by Gasteiger charge is 2.31. The molecule has 118 valence electrons. The number of hydrogen-bond donors (Lipinski definition) is 0. The van der Waals surface area contributed by atoms with E-state index in [1.54, 1.807) is 23.5 Å². The van der Waals surface area contributed by atoms with Crippen LogP contribution in [0.2, 0.25) is 0 Å². The lowest BCUT2D eigenvalue weighted by atomic mass is 10.0. The van der Waals surface area contributed by atoms with Crippen molar-refractivity contribution in [3.63, 3.8) is 0 Å². The molecule has 0 radical (unpaired) electrons. The Morgan fingerprint density at radius 3 is 2.82 bits per heavy atom. The van der Waals surface area contributed by atoms with Gasteiger partial charge in [-0.1, -0.05) is 30.4 Å². The zero-order valence-corrected chi connectivity index (χ0v) is 13.7. The molecule has 0 N–H and O–H groups in total. The molecule has 1 aromatic heterocycles. The topological polar surface area (TPSA) is 38.2 Å². The number of nitrogens with zero attached hydrogens (tertiary/aromatic N) is 3. The van der Waals surface area contributed by atoms with Crippen molar-refractivity contribution in [3.8, 4) is 0 Å². The van der Waals surface area contributed by atoms with Gasteiger partial charge in [-0.2, -0.15) is 0 Å². The molecule has 1 aliphatic heterocycles. The molecule has 4 nitrogen and oxygen atoms in total. The molecule has 0 bridgehead atoms. The Labute approximate surface area is 133 Å². The van der Waals surface area contributed by atoms with Crippen molar-refractivity contribution in [1.82, 2.24) is 10.2 Å². The van der Waals surface area contributed by atoms with Gasteiger partial charge in [-0.15, -0.1) is 10.2 Å². The van der Waals surface area contributed by atoms with Crippen LogP contribution in [0, 0.1) is 5.82 Å². The predicted molar refractivity (Wildman–Crippen MR) is 86.0 cm³/mol. The van der Waals surface area contributed by atoms with Gasteiger partial charge in [-0.3, -0.25) is 0 Å². The summed E-state index contributed by atoms with van der Waals surface area (Å²) in [6, 6.07) is 6.54. The van der Waals surface area contributed by atoms with Gasteiger partial charge in [0, 0.05) is 19.5 Å². The second-order valence-electron chi connectivity index (χ2n) is 5.86. The molecule has 1 atom stereocenters. The first kappa shape index (κ1) is 15.4. The van der Waals surface area contributed by atoms with E-state index in [0.29, 0.717) is 6.42 Å². The summed E-state index contributed by atoms with van der Waals surface area (Å²) in [5.74, 6) is -0.214. The first-order valence-corrected chi connectivity index (χ1v) is 8.35. The number of benzene rings is 1. The summed E-state index contributed by atoms with van der Waals surface area (Å²) in [6.07, 6.45) is 1.66. The van der Waals surface area contributed by atoms with Gasteiger partial charge in [0.15, 0.2) is 0 Å². The largest absolute Gasteiger partial charge is 0.372 e. The second-order valence-corrected chi connectivity index (χ2v) is 6.90. The fourth-order valence-corrected chi connectivity index (χ4v) is 3.43. The molecule has 2 heterocycles. The molecule has 6 heteroatoms. The molecule has 2 aromatic rings. The number of rotatable bonds is 4. The number of aromatic nitrogens is 2.